The minimum absolute atomic E-state index is 0.143. The number of amides is 2. The van der Waals surface area contributed by atoms with Crippen LogP contribution in [-0.4, -0.2) is 23.5 Å². The largest absolute Gasteiger partial charge is 0.392 e. The lowest BCUT2D eigenvalue weighted by atomic mass is 9.81. The molecule has 114 valence electrons. The van der Waals surface area contributed by atoms with Crippen molar-refractivity contribution in [1.82, 2.24) is 10.6 Å². The van der Waals surface area contributed by atoms with Crippen molar-refractivity contribution in [1.29, 1.82) is 0 Å². The van der Waals surface area contributed by atoms with Crippen LogP contribution in [0, 0.1) is 11.2 Å². The maximum Gasteiger partial charge on any atom is 0.235 e. The Morgan fingerprint density at radius 3 is 2.90 bits per heavy atom. The van der Waals surface area contributed by atoms with Gasteiger partial charge in [-0.05, 0) is 31.4 Å². The third-order valence-corrected chi connectivity index (χ3v) is 3.88. The standard InChI is InChI=1S/C15H19FN2O3/c1-15(5-2-6-17-13(15)20)14(21)18-8-10-3-4-11(9-19)12(16)7-10/h3-4,7,19H,2,5-6,8-9H2,1H3,(H,17,20)(H,18,21). The van der Waals surface area contributed by atoms with Crippen molar-refractivity contribution in [3.63, 3.8) is 0 Å². The van der Waals surface area contributed by atoms with E-state index in [9.17, 15) is 14.0 Å². The van der Waals surface area contributed by atoms with E-state index in [-0.39, 0.29) is 30.5 Å². The van der Waals surface area contributed by atoms with E-state index in [2.05, 4.69) is 10.6 Å². The summed E-state index contributed by atoms with van der Waals surface area (Å²) in [6.45, 7) is 1.99. The van der Waals surface area contributed by atoms with Crippen molar-refractivity contribution in [3.8, 4) is 0 Å². The van der Waals surface area contributed by atoms with Gasteiger partial charge in [-0.3, -0.25) is 9.59 Å². The second-order valence-electron chi connectivity index (χ2n) is 5.46. The molecule has 0 spiro atoms. The molecule has 0 aromatic heterocycles. The molecule has 0 saturated carbocycles. The highest BCUT2D eigenvalue weighted by atomic mass is 19.1. The topological polar surface area (TPSA) is 78.4 Å². The Hall–Kier alpha value is -1.95. The van der Waals surface area contributed by atoms with Gasteiger partial charge in [0.25, 0.3) is 0 Å². The highest BCUT2D eigenvalue weighted by Gasteiger charge is 2.42. The monoisotopic (exact) mass is 294 g/mol. The van der Waals surface area contributed by atoms with Gasteiger partial charge >= 0.3 is 0 Å². The average Bonchev–Trinajstić information content (AvgIpc) is 2.48. The van der Waals surface area contributed by atoms with Gasteiger partial charge in [-0.1, -0.05) is 12.1 Å². The maximum absolute atomic E-state index is 13.5. The van der Waals surface area contributed by atoms with E-state index in [1.165, 1.54) is 12.1 Å². The van der Waals surface area contributed by atoms with Gasteiger partial charge < -0.3 is 15.7 Å². The first-order valence-electron chi connectivity index (χ1n) is 6.92. The first-order chi connectivity index (χ1) is 9.97. The zero-order chi connectivity index (χ0) is 15.5. The fourth-order valence-electron chi connectivity index (χ4n) is 2.38. The van der Waals surface area contributed by atoms with Crippen LogP contribution in [-0.2, 0) is 22.7 Å². The lowest BCUT2D eigenvalue weighted by Crippen LogP contribution is -2.52. The lowest BCUT2D eigenvalue weighted by molar-refractivity contribution is -0.144. The molecule has 3 N–H and O–H groups in total. The number of carbonyl (C=O) groups is 2. The summed E-state index contributed by atoms with van der Waals surface area (Å²) in [4.78, 5) is 24.1. The molecule has 1 fully saturated rings. The summed E-state index contributed by atoms with van der Waals surface area (Å²) in [6, 6.07) is 4.39. The van der Waals surface area contributed by atoms with Crippen molar-refractivity contribution in [2.75, 3.05) is 6.54 Å². The second kappa shape index (κ2) is 6.22. The third kappa shape index (κ3) is 3.21. The number of hydrogen-bond donors (Lipinski definition) is 3. The van der Waals surface area contributed by atoms with Crippen LogP contribution in [0.25, 0.3) is 0 Å². The molecule has 1 aromatic rings. The molecule has 21 heavy (non-hydrogen) atoms. The zero-order valence-electron chi connectivity index (χ0n) is 11.9. The SMILES string of the molecule is CC1(C(=O)NCc2ccc(CO)c(F)c2)CCCNC1=O. The van der Waals surface area contributed by atoms with E-state index in [1.807, 2.05) is 0 Å². The number of aliphatic hydroxyl groups excluding tert-OH is 1. The quantitative estimate of drug-likeness (QED) is 0.720. The molecule has 2 amide bonds. The van der Waals surface area contributed by atoms with E-state index >= 15 is 0 Å². The minimum Gasteiger partial charge on any atom is -0.392 e. The number of benzene rings is 1. The molecule has 1 heterocycles. The fraction of sp³-hybridized carbons (Fsp3) is 0.467. The molecular weight excluding hydrogens is 275 g/mol. The molecule has 0 bridgehead atoms. The highest BCUT2D eigenvalue weighted by Crippen LogP contribution is 2.27. The number of halogens is 1. The van der Waals surface area contributed by atoms with E-state index < -0.39 is 11.2 Å². The summed E-state index contributed by atoms with van der Waals surface area (Å²) >= 11 is 0. The van der Waals surface area contributed by atoms with E-state index in [4.69, 9.17) is 5.11 Å². The van der Waals surface area contributed by atoms with Gasteiger partial charge in [0.15, 0.2) is 0 Å². The molecule has 1 aliphatic rings. The Morgan fingerprint density at radius 2 is 2.29 bits per heavy atom. The van der Waals surface area contributed by atoms with Crippen molar-refractivity contribution in [3.05, 3.63) is 35.1 Å². The Kier molecular flexibility index (Phi) is 4.57. The highest BCUT2D eigenvalue weighted by molar-refractivity contribution is 6.05. The molecule has 1 saturated heterocycles. The summed E-state index contributed by atoms with van der Waals surface area (Å²) in [7, 11) is 0. The van der Waals surface area contributed by atoms with E-state index in [0.717, 1.165) is 6.42 Å². The van der Waals surface area contributed by atoms with Crippen LogP contribution in [0.15, 0.2) is 18.2 Å². The van der Waals surface area contributed by atoms with Crippen LogP contribution in [0.2, 0.25) is 0 Å². The molecule has 0 aliphatic carbocycles. The molecular formula is C15H19FN2O3. The number of piperidine rings is 1. The van der Waals surface area contributed by atoms with Gasteiger partial charge in [0.05, 0.1) is 6.61 Å². The molecule has 1 aromatic carbocycles. The summed E-state index contributed by atoms with van der Waals surface area (Å²) in [5, 5.41) is 14.3. The number of carbonyl (C=O) groups excluding carboxylic acids is 2. The predicted molar refractivity (Wildman–Crippen MR) is 74.5 cm³/mol. The van der Waals surface area contributed by atoms with Crippen LogP contribution < -0.4 is 10.6 Å². The Labute approximate surface area is 122 Å². The fourth-order valence-corrected chi connectivity index (χ4v) is 2.38. The molecule has 1 unspecified atom stereocenters. The third-order valence-electron chi connectivity index (χ3n) is 3.88. The van der Waals surface area contributed by atoms with Crippen LogP contribution in [0.4, 0.5) is 4.39 Å². The second-order valence-corrected chi connectivity index (χ2v) is 5.46. The first kappa shape index (κ1) is 15.4. The van der Waals surface area contributed by atoms with Gasteiger partial charge in [-0.2, -0.15) is 0 Å². The van der Waals surface area contributed by atoms with E-state index in [1.54, 1.807) is 13.0 Å². The van der Waals surface area contributed by atoms with Crippen molar-refractivity contribution in [2.24, 2.45) is 5.41 Å². The maximum atomic E-state index is 13.5. The molecule has 1 atom stereocenters. The van der Waals surface area contributed by atoms with Gasteiger partial charge in [-0.25, -0.2) is 4.39 Å². The van der Waals surface area contributed by atoms with Gasteiger partial charge in [-0.15, -0.1) is 0 Å². The van der Waals surface area contributed by atoms with Crippen LogP contribution in [0.1, 0.15) is 30.9 Å². The normalized spacial score (nSPS) is 21.8. The molecule has 2 rings (SSSR count). The van der Waals surface area contributed by atoms with Crippen molar-refractivity contribution >= 4 is 11.8 Å². The van der Waals surface area contributed by atoms with Crippen LogP contribution in [0.5, 0.6) is 0 Å². The summed E-state index contributed by atoms with van der Waals surface area (Å²) in [6.07, 6.45) is 1.26. The van der Waals surface area contributed by atoms with Crippen LogP contribution in [0.3, 0.4) is 0 Å². The number of aliphatic hydroxyl groups is 1. The van der Waals surface area contributed by atoms with Gasteiger partial charge in [0, 0.05) is 18.7 Å². The molecule has 6 heteroatoms. The number of nitrogens with one attached hydrogen (secondary N) is 2. The van der Waals surface area contributed by atoms with Gasteiger partial charge in [0.1, 0.15) is 11.2 Å². The first-order valence-corrected chi connectivity index (χ1v) is 6.92. The predicted octanol–water partition coefficient (Wildman–Crippen LogP) is 0.850. The summed E-state index contributed by atoms with van der Waals surface area (Å²) in [5.74, 6) is -1.13. The average molecular weight is 294 g/mol. The Balaban J connectivity index is 2.00. The van der Waals surface area contributed by atoms with Crippen molar-refractivity contribution in [2.45, 2.75) is 32.9 Å². The van der Waals surface area contributed by atoms with E-state index in [0.29, 0.717) is 18.5 Å². The number of hydrogen-bond acceptors (Lipinski definition) is 3. The van der Waals surface area contributed by atoms with Crippen LogP contribution >= 0.6 is 0 Å². The molecule has 0 radical (unpaired) electrons. The summed E-state index contributed by atoms with van der Waals surface area (Å²) < 4.78 is 13.5. The zero-order valence-corrected chi connectivity index (χ0v) is 11.9. The molecule has 1 aliphatic heterocycles. The van der Waals surface area contributed by atoms with Crippen molar-refractivity contribution < 1.29 is 19.1 Å². The Morgan fingerprint density at radius 1 is 1.52 bits per heavy atom. The minimum atomic E-state index is -1.07. The summed E-state index contributed by atoms with van der Waals surface area (Å²) in [5.41, 5.74) is -0.275. The number of rotatable bonds is 4. The Bertz CT molecular complexity index is 562. The lowest BCUT2D eigenvalue weighted by Gasteiger charge is -2.31. The molecule has 5 nitrogen and oxygen atoms in total. The van der Waals surface area contributed by atoms with Gasteiger partial charge in [0.2, 0.25) is 11.8 Å². The smallest absolute Gasteiger partial charge is 0.235 e.